The molecular formula is C20H24N4O2. The summed E-state index contributed by atoms with van der Waals surface area (Å²) in [6.45, 7) is 4.48. The number of nitrogens with zero attached hydrogens (tertiary/aromatic N) is 2. The van der Waals surface area contributed by atoms with Gasteiger partial charge in [0.2, 0.25) is 0 Å². The van der Waals surface area contributed by atoms with Crippen molar-refractivity contribution in [1.82, 2.24) is 9.88 Å². The number of benzene rings is 1. The number of rotatable bonds is 2. The second-order valence-electron chi connectivity index (χ2n) is 6.95. The van der Waals surface area contributed by atoms with Crippen LogP contribution in [-0.4, -0.2) is 28.2 Å². The second kappa shape index (κ2) is 7.56. The molecule has 6 heteroatoms. The van der Waals surface area contributed by atoms with Crippen molar-refractivity contribution in [2.24, 2.45) is 5.92 Å². The number of likely N-dealkylation sites (tertiary alicyclic amines) is 1. The second-order valence-corrected chi connectivity index (χ2v) is 6.95. The lowest BCUT2D eigenvalue weighted by molar-refractivity contribution is -0.146. The Hall–Kier alpha value is -2.89. The van der Waals surface area contributed by atoms with E-state index in [4.69, 9.17) is 5.73 Å². The average Bonchev–Trinajstić information content (AvgIpc) is 2.64. The van der Waals surface area contributed by atoms with Crippen LogP contribution in [0.5, 0.6) is 0 Å². The normalized spacial score (nSPS) is 19.8. The van der Waals surface area contributed by atoms with Gasteiger partial charge in [0, 0.05) is 6.54 Å². The Kier molecular flexibility index (Phi) is 5.21. The Balaban J connectivity index is 1.78. The first kappa shape index (κ1) is 17.9. The van der Waals surface area contributed by atoms with Gasteiger partial charge in [-0.1, -0.05) is 37.3 Å². The minimum atomic E-state index is -0.647. The van der Waals surface area contributed by atoms with Crippen LogP contribution >= 0.6 is 0 Å². The van der Waals surface area contributed by atoms with Crippen LogP contribution in [0.15, 0.2) is 42.6 Å². The van der Waals surface area contributed by atoms with E-state index < -0.39 is 11.8 Å². The van der Waals surface area contributed by atoms with Crippen molar-refractivity contribution in [2.75, 3.05) is 17.6 Å². The van der Waals surface area contributed by atoms with Gasteiger partial charge in [-0.2, -0.15) is 0 Å². The molecule has 2 aromatic rings. The number of amides is 2. The monoisotopic (exact) mass is 352 g/mol. The molecule has 0 aliphatic carbocycles. The Morgan fingerprint density at radius 3 is 2.65 bits per heavy atom. The first-order chi connectivity index (χ1) is 12.5. The van der Waals surface area contributed by atoms with Crippen molar-refractivity contribution in [3.8, 4) is 0 Å². The third-order valence-electron chi connectivity index (χ3n) is 4.83. The molecule has 0 unspecified atom stereocenters. The smallest absolute Gasteiger partial charge is 0.313 e. The molecule has 1 aromatic carbocycles. The number of nitrogen functional groups attached to an aromatic ring is 1. The summed E-state index contributed by atoms with van der Waals surface area (Å²) in [4.78, 5) is 31.1. The number of aryl methyl sites for hydroxylation is 1. The molecule has 1 aromatic heterocycles. The molecule has 2 heterocycles. The maximum Gasteiger partial charge on any atom is 0.313 e. The number of aromatic nitrogens is 1. The molecule has 3 N–H and O–H groups in total. The highest BCUT2D eigenvalue weighted by molar-refractivity contribution is 6.39. The summed E-state index contributed by atoms with van der Waals surface area (Å²) < 4.78 is 0. The van der Waals surface area contributed by atoms with Crippen LogP contribution in [0.25, 0.3) is 0 Å². The molecule has 26 heavy (non-hydrogen) atoms. The highest BCUT2D eigenvalue weighted by atomic mass is 16.2. The van der Waals surface area contributed by atoms with Crippen LogP contribution in [0.4, 0.5) is 11.5 Å². The van der Waals surface area contributed by atoms with Gasteiger partial charge < -0.3 is 16.0 Å². The summed E-state index contributed by atoms with van der Waals surface area (Å²) in [6, 6.07) is 11.5. The number of nitrogens with two attached hydrogens (primary N) is 1. The molecular weight excluding hydrogens is 328 g/mol. The highest BCUT2D eigenvalue weighted by Gasteiger charge is 2.34. The lowest BCUT2D eigenvalue weighted by Crippen LogP contribution is -2.46. The molecule has 0 bridgehead atoms. The number of nitrogens with one attached hydrogen (secondary N) is 1. The van der Waals surface area contributed by atoms with Gasteiger partial charge in [-0.05, 0) is 42.9 Å². The number of hydrogen-bond acceptors (Lipinski definition) is 4. The predicted octanol–water partition coefficient (Wildman–Crippen LogP) is 2.91. The van der Waals surface area contributed by atoms with Crippen LogP contribution in [-0.2, 0) is 9.59 Å². The van der Waals surface area contributed by atoms with Crippen LogP contribution in [0.3, 0.4) is 0 Å². The van der Waals surface area contributed by atoms with Crippen LogP contribution in [0.1, 0.15) is 36.9 Å². The predicted molar refractivity (Wildman–Crippen MR) is 101 cm³/mol. The molecule has 1 fully saturated rings. The molecule has 2 amide bonds. The lowest BCUT2D eigenvalue weighted by atomic mass is 9.90. The van der Waals surface area contributed by atoms with E-state index in [1.54, 1.807) is 17.9 Å². The molecule has 3 rings (SSSR count). The fourth-order valence-corrected chi connectivity index (χ4v) is 3.37. The first-order valence-corrected chi connectivity index (χ1v) is 8.84. The van der Waals surface area contributed by atoms with Crippen molar-refractivity contribution >= 4 is 23.3 Å². The standard InChI is InChI=1S/C20H24N4O2/c1-13-8-9-17(15-6-4-3-5-7-15)24(12-13)20(26)19(25)23-16-10-14(2)18(21)22-11-16/h3-7,10-11,13,17H,8-9,12H2,1-2H3,(H2,21,22)(H,23,25)/t13-,17-/m0/s1. The number of carbonyl (C=O) groups excluding carboxylic acids is 2. The van der Waals surface area contributed by atoms with Gasteiger partial charge >= 0.3 is 11.8 Å². The van der Waals surface area contributed by atoms with Crippen LogP contribution in [0, 0.1) is 12.8 Å². The average molecular weight is 352 g/mol. The van der Waals surface area contributed by atoms with Gasteiger partial charge in [0.05, 0.1) is 17.9 Å². The van der Waals surface area contributed by atoms with E-state index in [0.717, 1.165) is 24.0 Å². The minimum Gasteiger partial charge on any atom is -0.383 e. The van der Waals surface area contributed by atoms with E-state index in [2.05, 4.69) is 17.2 Å². The van der Waals surface area contributed by atoms with Crippen molar-refractivity contribution in [2.45, 2.75) is 32.7 Å². The fraction of sp³-hybridized carbons (Fsp3) is 0.350. The number of carbonyl (C=O) groups is 2. The summed E-state index contributed by atoms with van der Waals surface area (Å²) in [5, 5.41) is 2.65. The zero-order valence-electron chi connectivity index (χ0n) is 15.1. The van der Waals surface area contributed by atoms with Gasteiger partial charge in [-0.15, -0.1) is 0 Å². The van der Waals surface area contributed by atoms with Gasteiger partial charge in [0.15, 0.2) is 0 Å². The third kappa shape index (κ3) is 3.85. The molecule has 2 atom stereocenters. The van der Waals surface area contributed by atoms with Gasteiger partial charge in [0.25, 0.3) is 0 Å². The van der Waals surface area contributed by atoms with Crippen molar-refractivity contribution in [1.29, 1.82) is 0 Å². The van der Waals surface area contributed by atoms with Crippen molar-refractivity contribution in [3.63, 3.8) is 0 Å². The van der Waals surface area contributed by atoms with E-state index in [1.807, 2.05) is 30.3 Å². The maximum absolute atomic E-state index is 12.9. The third-order valence-corrected chi connectivity index (χ3v) is 4.83. The number of hydrogen-bond donors (Lipinski definition) is 2. The van der Waals surface area contributed by atoms with Crippen molar-refractivity contribution in [3.05, 3.63) is 53.7 Å². The molecule has 1 saturated heterocycles. The Morgan fingerprint density at radius 1 is 1.23 bits per heavy atom. The molecule has 1 aliphatic heterocycles. The fourth-order valence-electron chi connectivity index (χ4n) is 3.37. The maximum atomic E-state index is 12.9. The molecule has 6 nitrogen and oxygen atoms in total. The summed E-state index contributed by atoms with van der Waals surface area (Å²) in [5.74, 6) is -0.388. The molecule has 1 aliphatic rings. The van der Waals surface area contributed by atoms with Crippen molar-refractivity contribution < 1.29 is 9.59 Å². The Bertz CT molecular complexity index is 807. The van der Waals surface area contributed by atoms with Crippen LogP contribution < -0.4 is 11.1 Å². The topological polar surface area (TPSA) is 88.3 Å². The zero-order valence-corrected chi connectivity index (χ0v) is 15.1. The molecule has 0 saturated carbocycles. The SMILES string of the molecule is Cc1cc(NC(=O)C(=O)N2C[C@@H](C)CC[C@H]2c2ccccc2)cnc1N. The van der Waals surface area contributed by atoms with E-state index in [-0.39, 0.29) is 6.04 Å². The number of anilines is 2. The van der Waals surface area contributed by atoms with Gasteiger partial charge in [-0.25, -0.2) is 4.98 Å². The minimum absolute atomic E-state index is 0.0723. The van der Waals surface area contributed by atoms with E-state index in [9.17, 15) is 9.59 Å². The molecule has 0 radical (unpaired) electrons. The summed E-state index contributed by atoms with van der Waals surface area (Å²) >= 11 is 0. The lowest BCUT2D eigenvalue weighted by Gasteiger charge is -2.38. The summed E-state index contributed by atoms with van der Waals surface area (Å²) in [5.41, 5.74) is 7.98. The molecule has 136 valence electrons. The molecule has 0 spiro atoms. The van der Waals surface area contributed by atoms with Crippen LogP contribution in [0.2, 0.25) is 0 Å². The first-order valence-electron chi connectivity index (χ1n) is 8.84. The largest absolute Gasteiger partial charge is 0.383 e. The summed E-state index contributed by atoms with van der Waals surface area (Å²) in [7, 11) is 0. The summed E-state index contributed by atoms with van der Waals surface area (Å²) in [6.07, 6.45) is 3.35. The number of pyridine rings is 1. The van der Waals surface area contributed by atoms with Gasteiger partial charge in [0.1, 0.15) is 5.82 Å². The van der Waals surface area contributed by atoms with Gasteiger partial charge in [-0.3, -0.25) is 9.59 Å². The highest BCUT2D eigenvalue weighted by Crippen LogP contribution is 2.33. The number of piperidine rings is 1. The van der Waals surface area contributed by atoms with E-state index in [1.165, 1.54) is 6.20 Å². The van der Waals surface area contributed by atoms with E-state index in [0.29, 0.717) is 24.0 Å². The van der Waals surface area contributed by atoms with E-state index >= 15 is 0 Å². The quantitative estimate of drug-likeness (QED) is 0.814. The Labute approximate surface area is 153 Å². The Morgan fingerprint density at radius 2 is 1.96 bits per heavy atom. The zero-order chi connectivity index (χ0) is 18.7.